The summed E-state index contributed by atoms with van der Waals surface area (Å²) < 4.78 is 21.9. The summed E-state index contributed by atoms with van der Waals surface area (Å²) in [6.45, 7) is 0. The molecule has 122 valence electrons. The second kappa shape index (κ2) is 6.38. The molecule has 0 saturated carbocycles. The third-order valence-electron chi connectivity index (χ3n) is 4.06. The maximum absolute atomic E-state index is 10.5. The van der Waals surface area contributed by atoms with Gasteiger partial charge in [-0.25, -0.2) is 0 Å². The predicted octanol–water partition coefficient (Wildman–Crippen LogP) is 3.27. The van der Waals surface area contributed by atoms with E-state index in [2.05, 4.69) is 0 Å². The van der Waals surface area contributed by atoms with Crippen LogP contribution in [0.4, 0.5) is 0 Å². The molecule has 0 radical (unpaired) electrons. The zero-order valence-electron chi connectivity index (χ0n) is 13.4. The van der Waals surface area contributed by atoms with Crippen LogP contribution in [0.15, 0.2) is 36.4 Å². The topological polar surface area (TPSA) is 57.2 Å². The number of rotatable bonds is 4. The number of hydrogen-bond acceptors (Lipinski definition) is 5. The lowest BCUT2D eigenvalue weighted by molar-refractivity contribution is 0.0630. The van der Waals surface area contributed by atoms with E-state index in [4.69, 9.17) is 18.9 Å². The molecule has 2 aromatic rings. The molecule has 5 nitrogen and oxygen atoms in total. The van der Waals surface area contributed by atoms with Gasteiger partial charge >= 0.3 is 0 Å². The molecule has 0 aromatic heterocycles. The van der Waals surface area contributed by atoms with E-state index in [-0.39, 0.29) is 6.10 Å². The molecule has 23 heavy (non-hydrogen) atoms. The minimum atomic E-state index is -0.660. The largest absolute Gasteiger partial charge is 0.497 e. The van der Waals surface area contributed by atoms with Gasteiger partial charge in [-0.15, -0.1) is 0 Å². The molecule has 1 heterocycles. The lowest BCUT2D eigenvalue weighted by Gasteiger charge is -2.31. The average Bonchev–Trinajstić information content (AvgIpc) is 2.60. The second-order valence-electron chi connectivity index (χ2n) is 5.37. The standard InChI is InChI=1S/C18H20O5/c1-20-12-6-4-11(5-7-12)15-10-14(19)18-16(22-3)8-13(21-2)9-17(18)23-15/h4-9,14-15,19H,10H2,1-3H3/t14-,15-/m1/s1. The Kier molecular flexibility index (Phi) is 4.30. The highest BCUT2D eigenvalue weighted by atomic mass is 16.5. The van der Waals surface area contributed by atoms with Crippen LogP contribution in [0.1, 0.15) is 29.8 Å². The summed E-state index contributed by atoms with van der Waals surface area (Å²) in [6, 6.07) is 11.2. The van der Waals surface area contributed by atoms with Crippen LogP contribution in [0.25, 0.3) is 0 Å². The summed E-state index contributed by atoms with van der Waals surface area (Å²) in [5.74, 6) is 2.57. The van der Waals surface area contributed by atoms with Crippen molar-refractivity contribution in [2.75, 3.05) is 21.3 Å². The second-order valence-corrected chi connectivity index (χ2v) is 5.37. The molecule has 5 heteroatoms. The Balaban J connectivity index is 1.95. The molecule has 0 spiro atoms. The Hall–Kier alpha value is -2.40. The van der Waals surface area contributed by atoms with Crippen LogP contribution < -0.4 is 18.9 Å². The van der Waals surface area contributed by atoms with E-state index in [1.54, 1.807) is 33.5 Å². The van der Waals surface area contributed by atoms with Gasteiger partial charge in [-0.3, -0.25) is 0 Å². The average molecular weight is 316 g/mol. The molecular weight excluding hydrogens is 296 g/mol. The molecule has 2 atom stereocenters. The minimum absolute atomic E-state index is 0.236. The number of hydrogen-bond donors (Lipinski definition) is 1. The summed E-state index contributed by atoms with van der Waals surface area (Å²) in [7, 11) is 4.78. The molecule has 3 rings (SSSR count). The molecule has 0 amide bonds. The van der Waals surface area contributed by atoms with Gasteiger partial charge in [0.1, 0.15) is 29.1 Å². The van der Waals surface area contributed by atoms with E-state index >= 15 is 0 Å². The van der Waals surface area contributed by atoms with Gasteiger partial charge in [0, 0.05) is 18.6 Å². The number of ether oxygens (including phenoxy) is 4. The van der Waals surface area contributed by atoms with E-state index in [1.807, 2.05) is 24.3 Å². The zero-order valence-corrected chi connectivity index (χ0v) is 13.4. The molecule has 0 fully saturated rings. The molecule has 0 bridgehead atoms. The van der Waals surface area contributed by atoms with E-state index in [1.165, 1.54) is 0 Å². The molecule has 1 aliphatic rings. The van der Waals surface area contributed by atoms with Crippen LogP contribution in [0.5, 0.6) is 23.0 Å². The maximum atomic E-state index is 10.5. The number of benzene rings is 2. The normalized spacial score (nSPS) is 19.5. The van der Waals surface area contributed by atoms with Crippen LogP contribution in [0.3, 0.4) is 0 Å². The van der Waals surface area contributed by atoms with E-state index < -0.39 is 6.10 Å². The number of aliphatic hydroxyl groups is 1. The molecule has 0 aliphatic carbocycles. The quantitative estimate of drug-likeness (QED) is 0.938. The van der Waals surface area contributed by atoms with E-state index in [9.17, 15) is 5.11 Å². The van der Waals surface area contributed by atoms with Crippen molar-refractivity contribution in [2.24, 2.45) is 0 Å². The van der Waals surface area contributed by atoms with Gasteiger partial charge in [-0.2, -0.15) is 0 Å². The SMILES string of the molecule is COc1ccc([C@H]2C[C@@H](O)c3c(OC)cc(OC)cc3O2)cc1. The highest BCUT2D eigenvalue weighted by Gasteiger charge is 2.31. The highest BCUT2D eigenvalue weighted by molar-refractivity contribution is 5.53. The maximum Gasteiger partial charge on any atom is 0.133 e. The van der Waals surface area contributed by atoms with Crippen molar-refractivity contribution in [1.29, 1.82) is 0 Å². The third-order valence-corrected chi connectivity index (χ3v) is 4.06. The first-order chi connectivity index (χ1) is 11.2. The summed E-state index contributed by atoms with van der Waals surface area (Å²) in [5, 5.41) is 10.5. The van der Waals surface area contributed by atoms with Crippen molar-refractivity contribution < 1.29 is 24.1 Å². The Morgan fingerprint density at radius 3 is 2.26 bits per heavy atom. The molecule has 2 aromatic carbocycles. The first-order valence-electron chi connectivity index (χ1n) is 7.41. The van der Waals surface area contributed by atoms with Crippen molar-refractivity contribution in [3.05, 3.63) is 47.5 Å². The molecule has 1 N–H and O–H groups in total. The summed E-state index contributed by atoms with van der Waals surface area (Å²) in [4.78, 5) is 0. The summed E-state index contributed by atoms with van der Waals surface area (Å²) >= 11 is 0. The number of fused-ring (bicyclic) bond motifs is 1. The Morgan fingerprint density at radius 1 is 0.957 bits per heavy atom. The lowest BCUT2D eigenvalue weighted by Crippen LogP contribution is -2.19. The van der Waals surface area contributed by atoms with E-state index in [0.717, 1.165) is 11.3 Å². The summed E-state index contributed by atoms with van der Waals surface area (Å²) in [6.07, 6.45) is -0.436. The van der Waals surface area contributed by atoms with Gasteiger partial charge in [0.05, 0.1) is 33.0 Å². The first kappa shape index (κ1) is 15.5. The Labute approximate surface area is 135 Å². The van der Waals surface area contributed by atoms with Gasteiger partial charge in [0.15, 0.2) is 0 Å². The van der Waals surface area contributed by atoms with Crippen molar-refractivity contribution in [2.45, 2.75) is 18.6 Å². The van der Waals surface area contributed by atoms with Crippen LogP contribution in [0, 0.1) is 0 Å². The monoisotopic (exact) mass is 316 g/mol. The smallest absolute Gasteiger partial charge is 0.133 e. The molecule has 0 unspecified atom stereocenters. The molecule has 0 saturated heterocycles. The number of methoxy groups -OCH3 is 3. The predicted molar refractivity (Wildman–Crippen MR) is 85.5 cm³/mol. The van der Waals surface area contributed by atoms with Crippen molar-refractivity contribution in [1.82, 2.24) is 0 Å². The van der Waals surface area contributed by atoms with Gasteiger partial charge in [0.25, 0.3) is 0 Å². The fourth-order valence-corrected chi connectivity index (χ4v) is 2.83. The van der Waals surface area contributed by atoms with Gasteiger partial charge < -0.3 is 24.1 Å². The lowest BCUT2D eigenvalue weighted by atomic mass is 9.94. The first-order valence-corrected chi connectivity index (χ1v) is 7.41. The van der Waals surface area contributed by atoms with E-state index in [0.29, 0.717) is 29.2 Å². The Bertz CT molecular complexity index is 681. The van der Waals surface area contributed by atoms with Gasteiger partial charge in [-0.05, 0) is 17.7 Å². The van der Waals surface area contributed by atoms with Crippen LogP contribution in [-0.4, -0.2) is 26.4 Å². The van der Waals surface area contributed by atoms with Gasteiger partial charge in [-0.1, -0.05) is 12.1 Å². The number of aliphatic hydroxyl groups excluding tert-OH is 1. The fourth-order valence-electron chi connectivity index (χ4n) is 2.83. The van der Waals surface area contributed by atoms with Crippen molar-refractivity contribution in [3.8, 4) is 23.0 Å². The molecular formula is C18H20O5. The summed E-state index contributed by atoms with van der Waals surface area (Å²) in [5.41, 5.74) is 1.65. The highest BCUT2D eigenvalue weighted by Crippen LogP contribution is 2.47. The zero-order chi connectivity index (χ0) is 16.4. The van der Waals surface area contributed by atoms with Gasteiger partial charge in [0.2, 0.25) is 0 Å². The third kappa shape index (κ3) is 2.92. The van der Waals surface area contributed by atoms with Crippen molar-refractivity contribution >= 4 is 0 Å². The minimum Gasteiger partial charge on any atom is -0.497 e. The fraction of sp³-hybridized carbons (Fsp3) is 0.333. The van der Waals surface area contributed by atoms with Crippen LogP contribution in [-0.2, 0) is 0 Å². The van der Waals surface area contributed by atoms with Crippen LogP contribution >= 0.6 is 0 Å². The van der Waals surface area contributed by atoms with Crippen molar-refractivity contribution in [3.63, 3.8) is 0 Å². The van der Waals surface area contributed by atoms with Crippen LogP contribution in [0.2, 0.25) is 0 Å². The molecule has 1 aliphatic heterocycles. The Morgan fingerprint density at radius 2 is 1.65 bits per heavy atom.